The lowest BCUT2D eigenvalue weighted by Gasteiger charge is -2.12. The molecule has 0 spiro atoms. The summed E-state index contributed by atoms with van der Waals surface area (Å²) in [5.41, 5.74) is 2.98. The van der Waals surface area contributed by atoms with Gasteiger partial charge in [-0.2, -0.15) is 0 Å². The molecule has 0 atom stereocenters. The van der Waals surface area contributed by atoms with Crippen molar-refractivity contribution in [2.45, 2.75) is 6.92 Å². The van der Waals surface area contributed by atoms with Crippen LogP contribution in [-0.2, 0) is 0 Å². The third-order valence-corrected chi connectivity index (χ3v) is 4.39. The van der Waals surface area contributed by atoms with Crippen molar-refractivity contribution in [1.82, 2.24) is 9.55 Å². The van der Waals surface area contributed by atoms with Gasteiger partial charge in [-0.1, -0.05) is 60.2 Å². The van der Waals surface area contributed by atoms with Gasteiger partial charge in [-0.05, 0) is 42.8 Å². The molecule has 0 unspecified atom stereocenters. The highest BCUT2D eigenvalue weighted by Crippen LogP contribution is 2.22. The summed E-state index contributed by atoms with van der Waals surface area (Å²) in [5, 5.41) is 10.8. The minimum atomic E-state index is -0.217. The number of benzene rings is 3. The SMILES string of the molecule is Cc1cccc(/C=C/c2nc3ccccc3c(=O)n2-c2ccccc2O)c1. The summed E-state index contributed by atoms with van der Waals surface area (Å²) in [4.78, 5) is 17.8. The first-order chi connectivity index (χ1) is 13.1. The predicted molar refractivity (Wildman–Crippen MR) is 109 cm³/mol. The normalized spacial score (nSPS) is 11.3. The van der Waals surface area contributed by atoms with Gasteiger partial charge in [0, 0.05) is 0 Å². The zero-order chi connectivity index (χ0) is 18.8. The minimum absolute atomic E-state index is 0.0295. The van der Waals surface area contributed by atoms with Crippen LogP contribution >= 0.6 is 0 Å². The molecule has 1 N–H and O–H groups in total. The number of hydrogen-bond donors (Lipinski definition) is 1. The monoisotopic (exact) mass is 354 g/mol. The number of phenolic OH excluding ortho intramolecular Hbond substituents is 1. The molecule has 0 bridgehead atoms. The largest absolute Gasteiger partial charge is 0.506 e. The number of fused-ring (bicyclic) bond motifs is 1. The number of aromatic nitrogens is 2. The van der Waals surface area contributed by atoms with Crippen molar-refractivity contribution in [2.75, 3.05) is 0 Å². The molecule has 27 heavy (non-hydrogen) atoms. The van der Waals surface area contributed by atoms with Gasteiger partial charge >= 0.3 is 0 Å². The molecule has 0 aliphatic carbocycles. The first-order valence-electron chi connectivity index (χ1n) is 8.68. The lowest BCUT2D eigenvalue weighted by molar-refractivity contribution is 0.471. The van der Waals surface area contributed by atoms with Crippen molar-refractivity contribution in [3.05, 3.63) is 100 Å². The van der Waals surface area contributed by atoms with Crippen LogP contribution in [0, 0.1) is 6.92 Å². The van der Waals surface area contributed by atoms with Crippen LogP contribution in [0.4, 0.5) is 0 Å². The average molecular weight is 354 g/mol. The van der Waals surface area contributed by atoms with Gasteiger partial charge in [-0.15, -0.1) is 0 Å². The minimum Gasteiger partial charge on any atom is -0.506 e. The van der Waals surface area contributed by atoms with Gasteiger partial charge < -0.3 is 5.11 Å². The summed E-state index contributed by atoms with van der Waals surface area (Å²) in [7, 11) is 0. The Labute approximate surface area is 156 Å². The molecule has 1 heterocycles. The van der Waals surface area contributed by atoms with Crippen LogP contribution < -0.4 is 5.56 Å². The molecule has 0 aliphatic rings. The molecule has 132 valence electrons. The van der Waals surface area contributed by atoms with Gasteiger partial charge in [0.25, 0.3) is 5.56 Å². The van der Waals surface area contributed by atoms with Crippen molar-refractivity contribution in [2.24, 2.45) is 0 Å². The highest BCUT2D eigenvalue weighted by Gasteiger charge is 2.13. The maximum absolute atomic E-state index is 13.1. The zero-order valence-electron chi connectivity index (χ0n) is 14.8. The van der Waals surface area contributed by atoms with Crippen molar-refractivity contribution in [1.29, 1.82) is 0 Å². The van der Waals surface area contributed by atoms with Gasteiger partial charge in [-0.25, -0.2) is 4.98 Å². The highest BCUT2D eigenvalue weighted by atomic mass is 16.3. The number of para-hydroxylation sites is 3. The number of phenols is 1. The molecule has 0 radical (unpaired) electrons. The van der Waals surface area contributed by atoms with E-state index in [4.69, 9.17) is 0 Å². The van der Waals surface area contributed by atoms with Crippen LogP contribution in [0.25, 0.3) is 28.7 Å². The number of nitrogens with zero attached hydrogens (tertiary/aromatic N) is 2. The van der Waals surface area contributed by atoms with Gasteiger partial charge in [0.1, 0.15) is 11.6 Å². The summed E-state index contributed by atoms with van der Waals surface area (Å²) in [6, 6.07) is 22.1. The molecular weight excluding hydrogens is 336 g/mol. The van der Waals surface area contributed by atoms with E-state index in [2.05, 4.69) is 11.1 Å². The molecule has 4 heteroatoms. The molecule has 1 aromatic heterocycles. The van der Waals surface area contributed by atoms with E-state index in [0.29, 0.717) is 22.4 Å². The van der Waals surface area contributed by atoms with E-state index in [1.807, 2.05) is 49.4 Å². The van der Waals surface area contributed by atoms with E-state index in [9.17, 15) is 9.90 Å². The zero-order valence-corrected chi connectivity index (χ0v) is 14.8. The summed E-state index contributed by atoms with van der Waals surface area (Å²) in [6.45, 7) is 2.03. The Balaban J connectivity index is 1.97. The second-order valence-electron chi connectivity index (χ2n) is 6.36. The Morgan fingerprint density at radius 2 is 1.70 bits per heavy atom. The van der Waals surface area contributed by atoms with E-state index in [1.54, 1.807) is 36.4 Å². The molecule has 0 amide bonds. The Kier molecular flexibility index (Phi) is 4.30. The number of aromatic hydroxyl groups is 1. The van der Waals surface area contributed by atoms with Crippen LogP contribution in [0.1, 0.15) is 17.0 Å². The van der Waals surface area contributed by atoms with Crippen molar-refractivity contribution < 1.29 is 5.11 Å². The van der Waals surface area contributed by atoms with Crippen molar-refractivity contribution >= 4 is 23.1 Å². The van der Waals surface area contributed by atoms with Crippen LogP contribution in [-0.4, -0.2) is 14.7 Å². The van der Waals surface area contributed by atoms with Crippen LogP contribution in [0.15, 0.2) is 77.6 Å². The van der Waals surface area contributed by atoms with E-state index in [-0.39, 0.29) is 11.3 Å². The Bertz CT molecular complexity index is 1220. The molecule has 0 aliphatic heterocycles. The standard InChI is InChI=1S/C23H18N2O2/c1-16-7-6-8-17(15-16)13-14-22-24-19-10-3-2-9-18(19)23(27)25(22)20-11-4-5-12-21(20)26/h2-15,26H,1H3/b14-13+. The molecular formula is C23H18N2O2. The van der Waals surface area contributed by atoms with Crippen LogP contribution in [0.5, 0.6) is 5.75 Å². The average Bonchev–Trinajstić information content (AvgIpc) is 2.68. The molecule has 0 saturated heterocycles. The van der Waals surface area contributed by atoms with Crippen molar-refractivity contribution in [3.63, 3.8) is 0 Å². The van der Waals surface area contributed by atoms with E-state index in [1.165, 1.54) is 4.57 Å². The van der Waals surface area contributed by atoms with E-state index >= 15 is 0 Å². The summed E-state index contributed by atoms with van der Waals surface area (Å²) in [6.07, 6.45) is 3.72. The lowest BCUT2D eigenvalue weighted by Crippen LogP contribution is -2.22. The molecule has 4 nitrogen and oxygen atoms in total. The molecule has 4 aromatic rings. The predicted octanol–water partition coefficient (Wildman–Crippen LogP) is 4.57. The third kappa shape index (κ3) is 3.25. The second kappa shape index (κ2) is 6.92. The highest BCUT2D eigenvalue weighted by molar-refractivity contribution is 5.80. The number of hydrogen-bond acceptors (Lipinski definition) is 3. The van der Waals surface area contributed by atoms with E-state index in [0.717, 1.165) is 11.1 Å². The maximum Gasteiger partial charge on any atom is 0.266 e. The first-order valence-corrected chi connectivity index (χ1v) is 8.68. The Morgan fingerprint density at radius 3 is 2.52 bits per heavy atom. The smallest absolute Gasteiger partial charge is 0.266 e. The van der Waals surface area contributed by atoms with Gasteiger partial charge in [0.05, 0.1) is 16.6 Å². The van der Waals surface area contributed by atoms with Gasteiger partial charge in [0.2, 0.25) is 0 Å². The Hall–Kier alpha value is -3.66. The lowest BCUT2D eigenvalue weighted by atomic mass is 10.1. The molecule has 0 saturated carbocycles. The molecule has 3 aromatic carbocycles. The molecule has 0 fully saturated rings. The topological polar surface area (TPSA) is 55.1 Å². The van der Waals surface area contributed by atoms with E-state index < -0.39 is 0 Å². The quantitative estimate of drug-likeness (QED) is 0.586. The Morgan fingerprint density at radius 1 is 0.926 bits per heavy atom. The second-order valence-corrected chi connectivity index (χ2v) is 6.36. The van der Waals surface area contributed by atoms with Crippen LogP contribution in [0.2, 0.25) is 0 Å². The third-order valence-electron chi connectivity index (χ3n) is 4.39. The maximum atomic E-state index is 13.1. The fourth-order valence-electron chi connectivity index (χ4n) is 3.09. The fraction of sp³-hybridized carbons (Fsp3) is 0.0435. The van der Waals surface area contributed by atoms with Crippen LogP contribution in [0.3, 0.4) is 0 Å². The molecule has 4 rings (SSSR count). The first kappa shape index (κ1) is 16.8. The van der Waals surface area contributed by atoms with Gasteiger partial charge in [0.15, 0.2) is 0 Å². The van der Waals surface area contributed by atoms with Crippen molar-refractivity contribution in [3.8, 4) is 11.4 Å². The summed E-state index contributed by atoms with van der Waals surface area (Å²) < 4.78 is 1.45. The fourth-order valence-corrected chi connectivity index (χ4v) is 3.09. The summed E-state index contributed by atoms with van der Waals surface area (Å²) >= 11 is 0. The number of rotatable bonds is 3. The number of aryl methyl sites for hydroxylation is 1. The summed E-state index contributed by atoms with van der Waals surface area (Å²) in [5.74, 6) is 0.489. The van der Waals surface area contributed by atoms with Gasteiger partial charge in [-0.3, -0.25) is 9.36 Å².